The highest BCUT2D eigenvalue weighted by molar-refractivity contribution is 6.31. The lowest BCUT2D eigenvalue weighted by atomic mass is 10.1. The first-order valence-corrected chi connectivity index (χ1v) is 11.3. The van der Waals surface area contributed by atoms with Gasteiger partial charge in [-0.1, -0.05) is 23.2 Å². The van der Waals surface area contributed by atoms with Crippen LogP contribution in [-0.2, 0) is 0 Å². The van der Waals surface area contributed by atoms with Gasteiger partial charge in [-0.2, -0.15) is 0 Å². The van der Waals surface area contributed by atoms with E-state index in [9.17, 15) is 20.3 Å². The molecule has 0 aliphatic carbocycles. The summed E-state index contributed by atoms with van der Waals surface area (Å²) in [6.45, 7) is 2.91. The van der Waals surface area contributed by atoms with E-state index in [1.165, 1.54) is 12.1 Å². The molecule has 8 nitrogen and oxygen atoms in total. The highest BCUT2D eigenvalue weighted by Gasteiger charge is 2.20. The first-order chi connectivity index (χ1) is 15.2. The number of hydrogen-bond donors (Lipinski definition) is 3. The molecule has 4 rings (SSSR count). The van der Waals surface area contributed by atoms with E-state index in [-0.39, 0.29) is 17.9 Å². The number of anilines is 3. The third kappa shape index (κ3) is 6.87. The van der Waals surface area contributed by atoms with E-state index in [1.807, 2.05) is 17.0 Å². The van der Waals surface area contributed by atoms with Crippen molar-refractivity contribution in [1.29, 1.82) is 0 Å². The van der Waals surface area contributed by atoms with Gasteiger partial charge in [0.15, 0.2) is 0 Å². The van der Waals surface area contributed by atoms with Gasteiger partial charge >= 0.3 is 0 Å². The molecule has 2 atom stereocenters. The number of nitrogens with zero attached hydrogens (tertiary/aromatic N) is 3. The second-order valence-corrected chi connectivity index (χ2v) is 9.02. The fraction of sp³-hybridized carbons (Fsp3) is 0.455. The second-order valence-electron chi connectivity index (χ2n) is 8.15. The molecule has 0 saturated carbocycles. The molecule has 174 valence electrons. The van der Waals surface area contributed by atoms with Crippen LogP contribution in [0.2, 0.25) is 10.0 Å². The molecule has 0 aromatic heterocycles. The van der Waals surface area contributed by atoms with Crippen LogP contribution in [0.5, 0.6) is 0 Å². The summed E-state index contributed by atoms with van der Waals surface area (Å²) in [5.41, 5.74) is 8.07. The summed E-state index contributed by atoms with van der Waals surface area (Å²) in [5.74, 6) is 0. The molecule has 0 amide bonds. The van der Waals surface area contributed by atoms with Crippen LogP contribution in [0.4, 0.5) is 22.7 Å². The minimum atomic E-state index is -0.463. The van der Waals surface area contributed by atoms with Gasteiger partial charge in [0.05, 0.1) is 17.1 Å². The third-order valence-corrected chi connectivity index (χ3v) is 5.94. The number of β-amino-alcohol motifs (C(OH)–C–C–N with tert-alkyl or cyclic N) is 2. The van der Waals surface area contributed by atoms with Crippen molar-refractivity contribution in [3.8, 4) is 0 Å². The summed E-state index contributed by atoms with van der Waals surface area (Å²) < 4.78 is 0. The molecular formula is C22H28Cl2N4O4. The Bertz CT molecular complexity index is 926. The molecule has 2 unspecified atom stereocenters. The van der Waals surface area contributed by atoms with Gasteiger partial charge in [0, 0.05) is 65.4 Å². The van der Waals surface area contributed by atoms with Crippen LogP contribution in [0.15, 0.2) is 36.4 Å². The Balaban J connectivity index is 0.000000182. The molecule has 2 saturated heterocycles. The number of halogens is 2. The van der Waals surface area contributed by atoms with Crippen molar-refractivity contribution in [1.82, 2.24) is 0 Å². The van der Waals surface area contributed by atoms with Gasteiger partial charge in [-0.05, 0) is 49.9 Å². The van der Waals surface area contributed by atoms with Crippen LogP contribution in [0.3, 0.4) is 0 Å². The number of nitro benzene ring substituents is 1. The smallest absolute Gasteiger partial charge is 0.272 e. The Morgan fingerprint density at radius 1 is 0.875 bits per heavy atom. The van der Waals surface area contributed by atoms with E-state index in [2.05, 4.69) is 4.90 Å². The summed E-state index contributed by atoms with van der Waals surface area (Å²) in [7, 11) is 0. The minimum Gasteiger partial charge on any atom is -0.399 e. The van der Waals surface area contributed by atoms with Gasteiger partial charge in [0.25, 0.3) is 5.69 Å². The zero-order chi connectivity index (χ0) is 23.3. The number of nitrogens with two attached hydrogens (primary N) is 1. The predicted octanol–water partition coefficient (Wildman–Crippen LogP) is 4.09. The number of nitro groups is 1. The summed E-state index contributed by atoms with van der Waals surface area (Å²) in [6.07, 6.45) is 2.93. The average Bonchev–Trinajstić information content (AvgIpc) is 2.73. The summed E-state index contributed by atoms with van der Waals surface area (Å²) in [5, 5.41) is 30.9. The number of benzene rings is 2. The first kappa shape index (κ1) is 24.4. The molecular weight excluding hydrogens is 455 g/mol. The minimum absolute atomic E-state index is 0.0208. The zero-order valence-corrected chi connectivity index (χ0v) is 19.2. The topological polar surface area (TPSA) is 116 Å². The molecule has 4 N–H and O–H groups in total. The lowest BCUT2D eigenvalue weighted by Gasteiger charge is -2.32. The fourth-order valence-electron chi connectivity index (χ4n) is 4.00. The van der Waals surface area contributed by atoms with Crippen molar-refractivity contribution >= 4 is 46.0 Å². The quantitative estimate of drug-likeness (QED) is 0.342. The summed E-state index contributed by atoms with van der Waals surface area (Å²) in [6, 6.07) is 10.0. The SMILES string of the molecule is Nc1cc(Cl)cc(N2CCCC(O)C2)c1.O=[N+]([O-])c1cc(Cl)cc(N2CCCC(O)C2)c1. The Kier molecular flexibility index (Phi) is 8.42. The maximum Gasteiger partial charge on any atom is 0.272 e. The Morgan fingerprint density at radius 3 is 1.84 bits per heavy atom. The zero-order valence-electron chi connectivity index (χ0n) is 17.7. The fourth-order valence-corrected chi connectivity index (χ4v) is 4.47. The number of piperidine rings is 2. The predicted molar refractivity (Wildman–Crippen MR) is 129 cm³/mol. The van der Waals surface area contributed by atoms with Crippen molar-refractivity contribution in [3.63, 3.8) is 0 Å². The number of hydrogen-bond acceptors (Lipinski definition) is 7. The van der Waals surface area contributed by atoms with Gasteiger partial charge in [0.2, 0.25) is 0 Å². The molecule has 2 heterocycles. The number of nitrogen functional groups attached to an aromatic ring is 1. The summed E-state index contributed by atoms with van der Waals surface area (Å²) >= 11 is 11.8. The molecule has 2 fully saturated rings. The van der Waals surface area contributed by atoms with Gasteiger partial charge in [-0.25, -0.2) is 0 Å². The number of rotatable bonds is 3. The molecule has 0 radical (unpaired) electrons. The van der Waals surface area contributed by atoms with Crippen LogP contribution < -0.4 is 15.5 Å². The van der Waals surface area contributed by atoms with E-state index in [4.69, 9.17) is 28.9 Å². The Morgan fingerprint density at radius 2 is 1.38 bits per heavy atom. The highest BCUT2D eigenvalue weighted by atomic mass is 35.5. The van der Waals surface area contributed by atoms with Gasteiger partial charge < -0.3 is 25.7 Å². The van der Waals surface area contributed by atoms with Crippen molar-refractivity contribution in [3.05, 3.63) is 56.6 Å². The molecule has 2 aliphatic heterocycles. The molecule has 0 bridgehead atoms. The van der Waals surface area contributed by atoms with Crippen molar-refractivity contribution in [2.75, 3.05) is 41.7 Å². The third-order valence-electron chi connectivity index (χ3n) is 5.51. The Hall–Kier alpha value is -2.26. The number of aliphatic hydroxyl groups is 2. The van der Waals surface area contributed by atoms with Crippen LogP contribution in [0, 0.1) is 10.1 Å². The first-order valence-electron chi connectivity index (χ1n) is 10.6. The largest absolute Gasteiger partial charge is 0.399 e. The lowest BCUT2D eigenvalue weighted by molar-refractivity contribution is -0.384. The monoisotopic (exact) mass is 482 g/mol. The molecule has 2 aliphatic rings. The average molecular weight is 483 g/mol. The molecule has 2 aromatic rings. The van der Waals surface area contributed by atoms with E-state index in [0.29, 0.717) is 34.5 Å². The molecule has 2 aromatic carbocycles. The number of aliphatic hydroxyl groups excluding tert-OH is 2. The van der Waals surface area contributed by atoms with E-state index in [1.54, 1.807) is 12.1 Å². The van der Waals surface area contributed by atoms with Crippen LogP contribution in [-0.4, -0.2) is 53.5 Å². The van der Waals surface area contributed by atoms with Gasteiger partial charge in [0.1, 0.15) is 0 Å². The maximum atomic E-state index is 10.7. The van der Waals surface area contributed by atoms with Gasteiger partial charge in [-0.15, -0.1) is 0 Å². The Labute approximate surface area is 197 Å². The molecule has 32 heavy (non-hydrogen) atoms. The highest BCUT2D eigenvalue weighted by Crippen LogP contribution is 2.29. The normalized spacial score (nSPS) is 21.0. The number of non-ortho nitro benzene ring substituents is 1. The van der Waals surface area contributed by atoms with Crippen molar-refractivity contribution in [2.45, 2.75) is 37.9 Å². The van der Waals surface area contributed by atoms with Crippen molar-refractivity contribution in [2.24, 2.45) is 0 Å². The lowest BCUT2D eigenvalue weighted by Crippen LogP contribution is -2.38. The molecule has 0 spiro atoms. The van der Waals surface area contributed by atoms with E-state index in [0.717, 1.165) is 44.5 Å². The van der Waals surface area contributed by atoms with Crippen LogP contribution >= 0.6 is 23.2 Å². The summed E-state index contributed by atoms with van der Waals surface area (Å²) in [4.78, 5) is 14.3. The maximum absolute atomic E-state index is 10.7. The van der Waals surface area contributed by atoms with E-state index < -0.39 is 4.92 Å². The second kappa shape index (κ2) is 11.0. The van der Waals surface area contributed by atoms with Crippen molar-refractivity contribution < 1.29 is 15.1 Å². The van der Waals surface area contributed by atoms with Gasteiger partial charge in [-0.3, -0.25) is 10.1 Å². The molecule has 10 heteroatoms. The van der Waals surface area contributed by atoms with Crippen LogP contribution in [0.25, 0.3) is 0 Å². The standard InChI is InChI=1S/C11H13ClN2O3.C11H15ClN2O/c12-8-4-9(6-10(5-8)14(16)17)13-3-1-2-11(15)7-13;12-8-4-9(13)6-10(5-8)14-3-1-2-11(15)7-14/h4-6,11,15H,1-3,7H2;4-6,11,15H,1-3,7,13H2. The van der Waals surface area contributed by atoms with E-state index >= 15 is 0 Å². The van der Waals surface area contributed by atoms with Crippen LogP contribution in [0.1, 0.15) is 25.7 Å².